The minimum Gasteiger partial charge on any atom is -0.336 e. The number of amides is 4. The van der Waals surface area contributed by atoms with E-state index in [1.807, 2.05) is 0 Å². The molecule has 0 spiro atoms. The minimum atomic E-state index is -0.385. The van der Waals surface area contributed by atoms with Gasteiger partial charge in [-0.2, -0.15) is 0 Å². The number of halogens is 1. The summed E-state index contributed by atoms with van der Waals surface area (Å²) in [6.07, 6.45) is 0. The summed E-state index contributed by atoms with van der Waals surface area (Å²) < 4.78 is 0. The molecule has 1 aromatic carbocycles. The lowest BCUT2D eigenvalue weighted by atomic mass is 10.3. The lowest BCUT2D eigenvalue weighted by Gasteiger charge is -2.19. The van der Waals surface area contributed by atoms with E-state index in [0.717, 1.165) is 4.90 Å². The highest BCUT2D eigenvalue weighted by molar-refractivity contribution is 6.30. The Bertz CT molecular complexity index is 576. The third kappa shape index (κ3) is 4.44. The Morgan fingerprint density at radius 2 is 2.00 bits per heavy atom. The lowest BCUT2D eigenvalue weighted by Crippen LogP contribution is -2.42. The van der Waals surface area contributed by atoms with Crippen molar-refractivity contribution in [2.24, 2.45) is 0 Å². The summed E-state index contributed by atoms with van der Waals surface area (Å²) in [6.45, 7) is 0.874. The maximum absolute atomic E-state index is 11.9. The molecular formula is C14H17ClN4O3. The van der Waals surface area contributed by atoms with Crippen LogP contribution in [0.5, 0.6) is 0 Å². The van der Waals surface area contributed by atoms with Gasteiger partial charge in [0.25, 0.3) is 0 Å². The molecule has 1 aromatic rings. The predicted molar refractivity (Wildman–Crippen MR) is 82.7 cm³/mol. The molecule has 0 aromatic heterocycles. The van der Waals surface area contributed by atoms with Gasteiger partial charge in [-0.05, 0) is 31.3 Å². The summed E-state index contributed by atoms with van der Waals surface area (Å²) in [5, 5.41) is 5.86. The van der Waals surface area contributed by atoms with Crippen LogP contribution in [-0.4, -0.2) is 60.9 Å². The molecule has 1 heterocycles. The maximum Gasteiger partial charge on any atom is 0.324 e. The molecule has 0 bridgehead atoms. The second-order valence-electron chi connectivity index (χ2n) is 5.00. The maximum atomic E-state index is 11.9. The molecule has 2 rings (SSSR count). The minimum absolute atomic E-state index is 0.00145. The first-order chi connectivity index (χ1) is 10.5. The smallest absolute Gasteiger partial charge is 0.324 e. The van der Waals surface area contributed by atoms with Crippen LogP contribution in [0.15, 0.2) is 24.3 Å². The molecule has 4 amide bonds. The average molecular weight is 325 g/mol. The molecule has 2 N–H and O–H groups in total. The Balaban J connectivity index is 1.79. The first kappa shape index (κ1) is 16.3. The van der Waals surface area contributed by atoms with Crippen LogP contribution in [0.2, 0.25) is 5.02 Å². The van der Waals surface area contributed by atoms with Crippen LogP contribution < -0.4 is 10.6 Å². The third-order valence-electron chi connectivity index (χ3n) is 3.10. The topological polar surface area (TPSA) is 81.8 Å². The van der Waals surface area contributed by atoms with Crippen LogP contribution in [0.1, 0.15) is 0 Å². The van der Waals surface area contributed by atoms with Crippen molar-refractivity contribution in [1.82, 2.24) is 15.1 Å². The predicted octanol–water partition coefficient (Wildman–Crippen LogP) is 0.762. The van der Waals surface area contributed by atoms with Gasteiger partial charge >= 0.3 is 6.03 Å². The highest BCUT2D eigenvalue weighted by Gasteiger charge is 2.26. The summed E-state index contributed by atoms with van der Waals surface area (Å²) in [4.78, 5) is 37.9. The normalized spacial score (nSPS) is 14.1. The first-order valence-corrected chi connectivity index (χ1v) is 7.15. The molecule has 1 fully saturated rings. The molecule has 0 radical (unpaired) electrons. The Labute approximate surface area is 133 Å². The van der Waals surface area contributed by atoms with E-state index in [2.05, 4.69) is 10.6 Å². The van der Waals surface area contributed by atoms with E-state index in [1.165, 1.54) is 0 Å². The van der Waals surface area contributed by atoms with Gasteiger partial charge in [-0.15, -0.1) is 0 Å². The molecule has 8 heteroatoms. The zero-order chi connectivity index (χ0) is 16.1. The number of urea groups is 1. The third-order valence-corrected chi connectivity index (χ3v) is 3.36. The van der Waals surface area contributed by atoms with Gasteiger partial charge in [-0.3, -0.25) is 19.4 Å². The van der Waals surface area contributed by atoms with Crippen molar-refractivity contribution >= 4 is 35.1 Å². The molecule has 7 nitrogen and oxygen atoms in total. The van der Waals surface area contributed by atoms with Crippen LogP contribution in [0, 0.1) is 0 Å². The van der Waals surface area contributed by atoms with Gasteiger partial charge in [0.1, 0.15) is 0 Å². The second kappa shape index (κ2) is 7.24. The second-order valence-corrected chi connectivity index (χ2v) is 5.44. The van der Waals surface area contributed by atoms with E-state index in [-0.39, 0.29) is 30.9 Å². The summed E-state index contributed by atoms with van der Waals surface area (Å²) in [6, 6.07) is 6.36. The van der Waals surface area contributed by atoms with Gasteiger partial charge in [-0.1, -0.05) is 11.6 Å². The summed E-state index contributed by atoms with van der Waals surface area (Å²) >= 11 is 5.77. The van der Waals surface area contributed by atoms with Gasteiger partial charge in [0, 0.05) is 23.8 Å². The van der Waals surface area contributed by atoms with Gasteiger partial charge in [0.2, 0.25) is 11.8 Å². The van der Waals surface area contributed by atoms with E-state index in [0.29, 0.717) is 23.8 Å². The number of benzene rings is 1. The first-order valence-electron chi connectivity index (χ1n) is 6.78. The molecule has 0 atom stereocenters. The number of carbonyl (C=O) groups is 3. The van der Waals surface area contributed by atoms with E-state index in [4.69, 9.17) is 11.6 Å². The molecule has 0 aliphatic carbocycles. The fourth-order valence-electron chi connectivity index (χ4n) is 2.06. The van der Waals surface area contributed by atoms with Crippen molar-refractivity contribution in [3.8, 4) is 0 Å². The van der Waals surface area contributed by atoms with Crippen molar-refractivity contribution in [3.63, 3.8) is 0 Å². The number of carbonyl (C=O) groups excluding carboxylic acids is 3. The lowest BCUT2D eigenvalue weighted by molar-refractivity contribution is -0.128. The summed E-state index contributed by atoms with van der Waals surface area (Å²) in [7, 11) is 1.65. The zero-order valence-corrected chi connectivity index (χ0v) is 12.9. The monoisotopic (exact) mass is 324 g/mol. The molecule has 22 heavy (non-hydrogen) atoms. The quantitative estimate of drug-likeness (QED) is 0.838. The number of rotatable bonds is 5. The van der Waals surface area contributed by atoms with Crippen molar-refractivity contribution in [2.45, 2.75) is 0 Å². The number of nitrogens with one attached hydrogen (secondary N) is 2. The van der Waals surface area contributed by atoms with Gasteiger partial charge in [0.15, 0.2) is 0 Å². The average Bonchev–Trinajstić information content (AvgIpc) is 2.87. The molecule has 1 aliphatic heterocycles. The number of hydrogen-bond donors (Lipinski definition) is 2. The number of anilines is 1. The number of imide groups is 1. The van der Waals surface area contributed by atoms with Crippen LogP contribution in [0.4, 0.5) is 10.5 Å². The molecule has 0 unspecified atom stereocenters. The Kier molecular flexibility index (Phi) is 5.35. The molecule has 0 saturated carbocycles. The van der Waals surface area contributed by atoms with Crippen molar-refractivity contribution in [1.29, 1.82) is 0 Å². The van der Waals surface area contributed by atoms with E-state index in [9.17, 15) is 14.4 Å². The Morgan fingerprint density at radius 3 is 2.59 bits per heavy atom. The fraction of sp³-hybridized carbons (Fsp3) is 0.357. The van der Waals surface area contributed by atoms with Crippen molar-refractivity contribution < 1.29 is 14.4 Å². The zero-order valence-electron chi connectivity index (χ0n) is 12.1. The van der Waals surface area contributed by atoms with Crippen LogP contribution in [-0.2, 0) is 9.59 Å². The van der Waals surface area contributed by atoms with E-state index in [1.54, 1.807) is 36.2 Å². The summed E-state index contributed by atoms with van der Waals surface area (Å²) in [5.41, 5.74) is 0.632. The Morgan fingerprint density at radius 1 is 1.32 bits per heavy atom. The van der Waals surface area contributed by atoms with Crippen LogP contribution in [0.25, 0.3) is 0 Å². The van der Waals surface area contributed by atoms with Crippen molar-refractivity contribution in [3.05, 3.63) is 29.3 Å². The Hall–Kier alpha value is -2.12. The molecule has 1 aliphatic rings. The molecule has 118 valence electrons. The fourth-order valence-corrected chi connectivity index (χ4v) is 2.19. The number of nitrogens with zero attached hydrogens (tertiary/aromatic N) is 2. The van der Waals surface area contributed by atoms with Crippen molar-refractivity contribution in [2.75, 3.05) is 38.5 Å². The van der Waals surface area contributed by atoms with Gasteiger partial charge in [-0.25, -0.2) is 4.79 Å². The molecular weight excluding hydrogens is 308 g/mol. The van der Waals surface area contributed by atoms with Crippen LogP contribution >= 0.6 is 11.6 Å². The van der Waals surface area contributed by atoms with E-state index >= 15 is 0 Å². The molecule has 1 saturated heterocycles. The standard InChI is InChI=1S/C14H17ClN4O3/c1-18(9-13(21)19-7-6-16-14(19)22)8-12(20)17-11-4-2-10(15)3-5-11/h2-5H,6-9H2,1H3,(H,16,22)(H,17,20). The largest absolute Gasteiger partial charge is 0.336 e. The number of likely N-dealkylation sites (N-methyl/N-ethyl adjacent to an activating group) is 1. The van der Waals surface area contributed by atoms with Gasteiger partial charge < -0.3 is 10.6 Å². The summed E-state index contributed by atoms with van der Waals surface area (Å²) in [5.74, 6) is -0.569. The van der Waals surface area contributed by atoms with Gasteiger partial charge in [0.05, 0.1) is 13.1 Å². The van der Waals surface area contributed by atoms with Crippen LogP contribution in [0.3, 0.4) is 0 Å². The van der Waals surface area contributed by atoms with E-state index < -0.39 is 0 Å². The highest BCUT2D eigenvalue weighted by Crippen LogP contribution is 2.13. The number of hydrogen-bond acceptors (Lipinski definition) is 4. The SMILES string of the molecule is CN(CC(=O)Nc1ccc(Cl)cc1)CC(=O)N1CCNC1=O. The highest BCUT2D eigenvalue weighted by atomic mass is 35.5.